The molecule has 1 saturated heterocycles. The van der Waals surface area contributed by atoms with Crippen molar-refractivity contribution in [1.82, 2.24) is 14.7 Å². The summed E-state index contributed by atoms with van der Waals surface area (Å²) in [6.45, 7) is 10.3. The molecule has 5 heteroatoms. The smallest absolute Gasteiger partial charge is 0.320 e. The van der Waals surface area contributed by atoms with E-state index < -0.39 is 0 Å². The number of piperazine rings is 1. The molecule has 0 bridgehead atoms. The second-order valence-electron chi connectivity index (χ2n) is 5.87. The van der Waals surface area contributed by atoms with Crippen LogP contribution in [0.1, 0.15) is 31.0 Å². The van der Waals surface area contributed by atoms with E-state index in [1.165, 1.54) is 0 Å². The molecule has 1 unspecified atom stereocenters. The highest BCUT2D eigenvalue weighted by atomic mass is 16.2. The molecule has 5 nitrogen and oxygen atoms in total. The number of carbonyl (C=O) groups excluding carboxylic acids is 1. The molecular formula is C18H26N4O. The van der Waals surface area contributed by atoms with Gasteiger partial charge in [0.1, 0.15) is 6.04 Å². The second-order valence-corrected chi connectivity index (χ2v) is 5.87. The first kappa shape index (κ1) is 17.3. The first-order chi connectivity index (χ1) is 11.1. The number of hydrogen-bond acceptors (Lipinski definition) is 3. The number of benzene rings is 1. The number of rotatable bonds is 4. The summed E-state index contributed by atoms with van der Waals surface area (Å²) in [6.07, 6.45) is 0. The van der Waals surface area contributed by atoms with Crippen LogP contribution in [0.2, 0.25) is 0 Å². The lowest BCUT2D eigenvalue weighted by Crippen LogP contribution is -2.53. The minimum atomic E-state index is -0.234. The molecule has 0 spiro atoms. The van der Waals surface area contributed by atoms with Crippen LogP contribution in [0.25, 0.3) is 0 Å². The predicted molar refractivity (Wildman–Crippen MR) is 91.0 cm³/mol. The number of carbonyl (C=O) groups is 1. The summed E-state index contributed by atoms with van der Waals surface area (Å²) in [7, 11) is 0. The van der Waals surface area contributed by atoms with Crippen LogP contribution in [-0.2, 0) is 0 Å². The van der Waals surface area contributed by atoms with E-state index >= 15 is 0 Å². The van der Waals surface area contributed by atoms with Crippen LogP contribution >= 0.6 is 0 Å². The molecule has 1 heterocycles. The average Bonchev–Trinajstić information content (AvgIpc) is 2.59. The van der Waals surface area contributed by atoms with Crippen molar-refractivity contribution in [3.63, 3.8) is 0 Å². The molecular weight excluding hydrogens is 288 g/mol. The average molecular weight is 314 g/mol. The quantitative estimate of drug-likeness (QED) is 0.858. The van der Waals surface area contributed by atoms with Crippen LogP contribution in [0.5, 0.6) is 0 Å². The number of nitriles is 1. The molecule has 0 saturated carbocycles. The van der Waals surface area contributed by atoms with Gasteiger partial charge in [-0.15, -0.1) is 0 Å². The van der Waals surface area contributed by atoms with Gasteiger partial charge in [0, 0.05) is 39.3 Å². The Labute approximate surface area is 139 Å². The third-order valence-electron chi connectivity index (χ3n) is 4.59. The zero-order valence-electron chi connectivity index (χ0n) is 14.3. The van der Waals surface area contributed by atoms with Crippen LogP contribution in [0.15, 0.2) is 24.3 Å². The van der Waals surface area contributed by atoms with E-state index in [9.17, 15) is 10.1 Å². The minimum Gasteiger partial charge on any atom is -0.325 e. The van der Waals surface area contributed by atoms with Crippen LogP contribution in [0.3, 0.4) is 0 Å². The fraction of sp³-hybridized carbons (Fsp3) is 0.556. The third-order valence-corrected chi connectivity index (χ3v) is 4.59. The molecule has 2 rings (SSSR count). The summed E-state index contributed by atoms with van der Waals surface area (Å²) in [5.41, 5.74) is 2.21. The van der Waals surface area contributed by atoms with Crippen LogP contribution in [-0.4, -0.2) is 60.0 Å². The summed E-state index contributed by atoms with van der Waals surface area (Å²) in [4.78, 5) is 18.3. The highest BCUT2D eigenvalue weighted by Crippen LogP contribution is 2.24. The maximum atomic E-state index is 12.4. The molecule has 1 aromatic rings. The molecule has 1 fully saturated rings. The number of aryl methyl sites for hydroxylation is 1. The molecule has 0 aliphatic carbocycles. The maximum absolute atomic E-state index is 12.4. The molecule has 124 valence electrons. The van der Waals surface area contributed by atoms with Gasteiger partial charge in [-0.2, -0.15) is 5.26 Å². The molecule has 1 atom stereocenters. The van der Waals surface area contributed by atoms with Gasteiger partial charge in [0.25, 0.3) is 0 Å². The molecule has 1 aromatic carbocycles. The van der Waals surface area contributed by atoms with Gasteiger partial charge in [0.15, 0.2) is 0 Å². The number of hydrogen-bond donors (Lipinski definition) is 0. The molecule has 1 aliphatic rings. The Morgan fingerprint density at radius 2 is 1.83 bits per heavy atom. The van der Waals surface area contributed by atoms with Crippen molar-refractivity contribution in [3.05, 3.63) is 35.4 Å². The zero-order valence-corrected chi connectivity index (χ0v) is 14.3. The normalized spacial score (nSPS) is 16.7. The van der Waals surface area contributed by atoms with Gasteiger partial charge in [-0.05, 0) is 31.9 Å². The van der Waals surface area contributed by atoms with Crippen LogP contribution in [0.4, 0.5) is 4.79 Å². The Bertz CT molecular complexity index is 569. The molecule has 2 amide bonds. The highest BCUT2D eigenvalue weighted by Gasteiger charge is 2.28. The Hall–Kier alpha value is -2.06. The van der Waals surface area contributed by atoms with Crippen molar-refractivity contribution in [2.24, 2.45) is 0 Å². The Kier molecular flexibility index (Phi) is 6.00. The van der Waals surface area contributed by atoms with Gasteiger partial charge in [0.05, 0.1) is 6.07 Å². The van der Waals surface area contributed by atoms with Gasteiger partial charge < -0.3 is 9.80 Å². The van der Waals surface area contributed by atoms with Crippen molar-refractivity contribution < 1.29 is 4.79 Å². The van der Waals surface area contributed by atoms with E-state index in [1.54, 1.807) is 0 Å². The van der Waals surface area contributed by atoms with E-state index in [0.29, 0.717) is 13.1 Å². The second kappa shape index (κ2) is 7.98. The summed E-state index contributed by atoms with van der Waals surface area (Å²) in [5.74, 6) is 0. The van der Waals surface area contributed by atoms with Gasteiger partial charge in [0.2, 0.25) is 0 Å². The van der Waals surface area contributed by atoms with Crippen LogP contribution < -0.4 is 0 Å². The Morgan fingerprint density at radius 3 is 2.35 bits per heavy atom. The van der Waals surface area contributed by atoms with Crippen molar-refractivity contribution in [1.29, 1.82) is 5.26 Å². The Morgan fingerprint density at radius 1 is 1.22 bits per heavy atom. The zero-order chi connectivity index (χ0) is 16.8. The van der Waals surface area contributed by atoms with E-state index in [0.717, 1.165) is 37.3 Å². The SMILES string of the molecule is CCN(CC)C(=O)N1CCN(C(C#N)c2ccccc2C)CC1. The summed E-state index contributed by atoms with van der Waals surface area (Å²) in [5, 5.41) is 9.62. The summed E-state index contributed by atoms with van der Waals surface area (Å²) in [6, 6.07) is 10.3. The molecule has 0 N–H and O–H groups in total. The lowest BCUT2D eigenvalue weighted by molar-refractivity contribution is 0.104. The van der Waals surface area contributed by atoms with Crippen molar-refractivity contribution in [2.75, 3.05) is 39.3 Å². The number of nitrogens with zero attached hydrogens (tertiary/aromatic N) is 4. The van der Waals surface area contributed by atoms with E-state index in [1.807, 2.05) is 54.8 Å². The predicted octanol–water partition coefficient (Wildman–Crippen LogP) is 2.64. The van der Waals surface area contributed by atoms with Gasteiger partial charge in [-0.25, -0.2) is 4.79 Å². The fourth-order valence-electron chi connectivity index (χ4n) is 3.11. The van der Waals surface area contributed by atoms with Gasteiger partial charge in [-0.1, -0.05) is 24.3 Å². The van der Waals surface area contributed by atoms with Crippen LogP contribution in [0, 0.1) is 18.3 Å². The lowest BCUT2D eigenvalue weighted by atomic mass is 10.0. The van der Waals surface area contributed by atoms with E-state index in [2.05, 4.69) is 11.0 Å². The van der Waals surface area contributed by atoms with Gasteiger partial charge in [-0.3, -0.25) is 4.90 Å². The highest BCUT2D eigenvalue weighted by molar-refractivity contribution is 5.74. The first-order valence-electron chi connectivity index (χ1n) is 8.35. The molecule has 1 aliphatic heterocycles. The van der Waals surface area contributed by atoms with Crippen molar-refractivity contribution >= 4 is 6.03 Å². The maximum Gasteiger partial charge on any atom is 0.320 e. The monoisotopic (exact) mass is 314 g/mol. The minimum absolute atomic E-state index is 0.110. The largest absolute Gasteiger partial charge is 0.325 e. The van der Waals surface area contributed by atoms with Crippen molar-refractivity contribution in [3.8, 4) is 6.07 Å². The lowest BCUT2D eigenvalue weighted by Gasteiger charge is -2.39. The molecule has 0 radical (unpaired) electrons. The van der Waals surface area contributed by atoms with E-state index in [4.69, 9.17) is 0 Å². The standard InChI is InChI=1S/C18H26N4O/c1-4-20(5-2)18(23)22-12-10-21(11-13-22)17(14-19)16-9-7-6-8-15(16)3/h6-9,17H,4-5,10-13H2,1-3H3. The fourth-order valence-corrected chi connectivity index (χ4v) is 3.11. The number of amides is 2. The topological polar surface area (TPSA) is 50.6 Å². The Balaban J connectivity index is 2.02. The van der Waals surface area contributed by atoms with Crippen molar-refractivity contribution in [2.45, 2.75) is 26.8 Å². The summed E-state index contributed by atoms with van der Waals surface area (Å²) < 4.78 is 0. The number of urea groups is 1. The molecule has 23 heavy (non-hydrogen) atoms. The first-order valence-corrected chi connectivity index (χ1v) is 8.35. The van der Waals surface area contributed by atoms with E-state index in [-0.39, 0.29) is 12.1 Å². The van der Waals surface area contributed by atoms with Gasteiger partial charge >= 0.3 is 6.03 Å². The third kappa shape index (κ3) is 3.83. The summed E-state index contributed by atoms with van der Waals surface area (Å²) >= 11 is 0. The molecule has 0 aromatic heterocycles.